The summed E-state index contributed by atoms with van der Waals surface area (Å²) in [5.74, 6) is 2.01. The molecule has 0 aliphatic heterocycles. The number of thioether (sulfide) groups is 1. The Kier molecular flexibility index (Phi) is 7.11. The molecule has 1 N–H and O–H groups in total. The molecule has 0 aliphatic carbocycles. The van der Waals surface area contributed by atoms with Gasteiger partial charge in [0, 0.05) is 23.9 Å². The number of nitrogens with zero attached hydrogens (tertiary/aromatic N) is 4. The Hall–Kier alpha value is -3.89. The molecule has 2 aromatic heterocycles. The van der Waals surface area contributed by atoms with E-state index in [0.717, 1.165) is 27.3 Å². The van der Waals surface area contributed by atoms with E-state index in [1.807, 2.05) is 60.1 Å². The molecule has 0 saturated heterocycles. The van der Waals surface area contributed by atoms with E-state index >= 15 is 0 Å². The molecule has 5 rings (SSSR count). The van der Waals surface area contributed by atoms with Crippen LogP contribution in [0, 0.1) is 6.92 Å². The third kappa shape index (κ3) is 5.30. The van der Waals surface area contributed by atoms with Crippen LogP contribution in [0.2, 0.25) is 0 Å². The van der Waals surface area contributed by atoms with Crippen molar-refractivity contribution >= 4 is 44.9 Å². The topological polar surface area (TPSA) is 91.2 Å². The zero-order chi connectivity index (χ0) is 25.9. The highest BCUT2D eigenvalue weighted by atomic mass is 32.2. The summed E-state index contributed by atoms with van der Waals surface area (Å²) in [5.41, 5.74) is 4.81. The van der Waals surface area contributed by atoms with Gasteiger partial charge < -0.3 is 19.4 Å². The Morgan fingerprint density at radius 1 is 0.973 bits per heavy atom. The van der Waals surface area contributed by atoms with Gasteiger partial charge in [-0.05, 0) is 67.1 Å². The van der Waals surface area contributed by atoms with Crippen LogP contribution < -0.4 is 14.8 Å². The Morgan fingerprint density at radius 3 is 2.49 bits per heavy atom. The second-order valence-corrected chi connectivity index (χ2v) is 10.3. The van der Waals surface area contributed by atoms with Crippen LogP contribution in [0.3, 0.4) is 0 Å². The average molecular weight is 532 g/mol. The fraction of sp³-hybridized carbons (Fsp3) is 0.185. The van der Waals surface area contributed by atoms with Gasteiger partial charge >= 0.3 is 0 Å². The molecule has 0 unspecified atom stereocenters. The SMILES string of the molecule is COc1ccc(-c2nnc(SCC(=O)Nc3ccc(-c4nc5ccc(C)cc5s4)cc3)n2C)cc1OC. The lowest BCUT2D eigenvalue weighted by Gasteiger charge is -2.09. The van der Waals surface area contributed by atoms with Gasteiger partial charge in [0.2, 0.25) is 5.91 Å². The number of anilines is 1. The average Bonchev–Trinajstić information content (AvgIpc) is 3.50. The van der Waals surface area contributed by atoms with E-state index in [2.05, 4.69) is 34.6 Å². The number of nitrogens with one attached hydrogen (secondary N) is 1. The number of carbonyl (C=O) groups is 1. The van der Waals surface area contributed by atoms with Crippen molar-refractivity contribution in [2.75, 3.05) is 25.3 Å². The second kappa shape index (κ2) is 10.6. The Labute approximate surface area is 222 Å². The van der Waals surface area contributed by atoms with Gasteiger partial charge in [0.15, 0.2) is 22.5 Å². The number of methoxy groups -OCH3 is 2. The number of hydrogen-bond donors (Lipinski definition) is 1. The molecule has 8 nitrogen and oxygen atoms in total. The van der Waals surface area contributed by atoms with Crippen LogP contribution in [-0.4, -0.2) is 45.6 Å². The van der Waals surface area contributed by atoms with Crippen LogP contribution in [0.1, 0.15) is 5.56 Å². The van der Waals surface area contributed by atoms with Gasteiger partial charge in [-0.2, -0.15) is 0 Å². The molecule has 188 valence electrons. The van der Waals surface area contributed by atoms with Crippen molar-refractivity contribution in [1.82, 2.24) is 19.7 Å². The first kappa shape index (κ1) is 24.8. The first-order chi connectivity index (χ1) is 17.9. The van der Waals surface area contributed by atoms with Crippen LogP contribution in [0.4, 0.5) is 5.69 Å². The molecule has 10 heteroatoms. The molecular formula is C27H25N5O3S2. The largest absolute Gasteiger partial charge is 0.493 e. The van der Waals surface area contributed by atoms with E-state index in [1.54, 1.807) is 25.6 Å². The molecule has 5 aromatic rings. The van der Waals surface area contributed by atoms with E-state index in [4.69, 9.17) is 14.5 Å². The quantitative estimate of drug-likeness (QED) is 0.253. The minimum atomic E-state index is -0.121. The van der Waals surface area contributed by atoms with Crippen molar-refractivity contribution in [3.8, 4) is 33.5 Å². The van der Waals surface area contributed by atoms with Crippen LogP contribution in [-0.2, 0) is 11.8 Å². The lowest BCUT2D eigenvalue weighted by atomic mass is 10.2. The number of fused-ring (bicyclic) bond motifs is 1. The normalized spacial score (nSPS) is 11.0. The van der Waals surface area contributed by atoms with Gasteiger partial charge in [-0.25, -0.2) is 4.98 Å². The number of amides is 1. The maximum absolute atomic E-state index is 12.6. The van der Waals surface area contributed by atoms with Crippen molar-refractivity contribution in [1.29, 1.82) is 0 Å². The molecular weight excluding hydrogens is 506 g/mol. The maximum atomic E-state index is 12.6. The van der Waals surface area contributed by atoms with Crippen LogP contribution in [0.5, 0.6) is 11.5 Å². The lowest BCUT2D eigenvalue weighted by molar-refractivity contribution is -0.113. The Balaban J connectivity index is 1.21. The van der Waals surface area contributed by atoms with E-state index in [9.17, 15) is 4.79 Å². The molecule has 0 fully saturated rings. The van der Waals surface area contributed by atoms with Crippen molar-refractivity contribution in [3.05, 3.63) is 66.2 Å². The van der Waals surface area contributed by atoms with Crippen molar-refractivity contribution in [3.63, 3.8) is 0 Å². The first-order valence-corrected chi connectivity index (χ1v) is 13.3. The van der Waals surface area contributed by atoms with Gasteiger partial charge in [-0.15, -0.1) is 21.5 Å². The second-order valence-electron chi connectivity index (χ2n) is 8.34. The molecule has 1 amide bonds. The summed E-state index contributed by atoms with van der Waals surface area (Å²) in [4.78, 5) is 17.3. The Morgan fingerprint density at radius 2 is 1.73 bits per heavy atom. The van der Waals surface area contributed by atoms with Gasteiger partial charge in [0.05, 0.1) is 30.2 Å². The Bertz CT molecular complexity index is 1580. The standard InChI is InChI=1S/C27H25N5O3S2/c1-16-5-11-20-23(13-16)37-26(29-20)17-6-9-19(10-7-17)28-24(33)15-36-27-31-30-25(32(27)2)18-8-12-21(34-3)22(14-18)35-4/h5-14H,15H2,1-4H3,(H,28,33). The fourth-order valence-electron chi connectivity index (χ4n) is 3.85. The fourth-order valence-corrected chi connectivity index (χ4v) is 5.63. The van der Waals surface area contributed by atoms with E-state index < -0.39 is 0 Å². The number of aryl methyl sites for hydroxylation is 1. The summed E-state index contributed by atoms with van der Waals surface area (Å²) in [6.07, 6.45) is 0. The van der Waals surface area contributed by atoms with Crippen LogP contribution in [0.25, 0.3) is 32.2 Å². The first-order valence-electron chi connectivity index (χ1n) is 11.5. The van der Waals surface area contributed by atoms with Crippen molar-refractivity contribution < 1.29 is 14.3 Å². The number of hydrogen-bond acceptors (Lipinski definition) is 8. The highest BCUT2D eigenvalue weighted by molar-refractivity contribution is 7.99. The third-order valence-electron chi connectivity index (χ3n) is 5.77. The van der Waals surface area contributed by atoms with Crippen LogP contribution >= 0.6 is 23.1 Å². The molecule has 0 radical (unpaired) electrons. The maximum Gasteiger partial charge on any atom is 0.234 e. The summed E-state index contributed by atoms with van der Waals surface area (Å²) < 4.78 is 13.7. The van der Waals surface area contributed by atoms with E-state index in [-0.39, 0.29) is 11.7 Å². The highest BCUT2D eigenvalue weighted by Gasteiger charge is 2.15. The summed E-state index contributed by atoms with van der Waals surface area (Å²) in [6.45, 7) is 2.08. The predicted octanol–water partition coefficient (Wildman–Crippen LogP) is 5.82. The zero-order valence-corrected chi connectivity index (χ0v) is 22.4. The van der Waals surface area contributed by atoms with Crippen molar-refractivity contribution in [2.24, 2.45) is 7.05 Å². The molecule has 0 aliphatic rings. The third-order valence-corrected chi connectivity index (χ3v) is 7.86. The molecule has 0 bridgehead atoms. The number of carbonyl (C=O) groups excluding carboxylic acids is 1. The van der Waals surface area contributed by atoms with Gasteiger partial charge in [-0.1, -0.05) is 17.8 Å². The van der Waals surface area contributed by atoms with E-state index in [1.165, 1.54) is 22.0 Å². The van der Waals surface area contributed by atoms with Gasteiger partial charge in [-0.3, -0.25) is 4.79 Å². The number of rotatable bonds is 8. The zero-order valence-electron chi connectivity index (χ0n) is 20.8. The summed E-state index contributed by atoms with van der Waals surface area (Å²) in [6, 6.07) is 19.6. The molecule has 0 atom stereocenters. The number of thiazole rings is 1. The molecule has 0 spiro atoms. The number of aromatic nitrogens is 4. The van der Waals surface area contributed by atoms with Crippen LogP contribution in [0.15, 0.2) is 65.8 Å². The minimum Gasteiger partial charge on any atom is -0.493 e. The molecule has 2 heterocycles. The molecule has 0 saturated carbocycles. The smallest absolute Gasteiger partial charge is 0.234 e. The molecule has 37 heavy (non-hydrogen) atoms. The summed E-state index contributed by atoms with van der Waals surface area (Å²) >= 11 is 2.99. The number of benzene rings is 3. The van der Waals surface area contributed by atoms with Gasteiger partial charge in [0.25, 0.3) is 0 Å². The summed E-state index contributed by atoms with van der Waals surface area (Å²) in [5, 5.41) is 13.1. The number of ether oxygens (including phenoxy) is 2. The summed E-state index contributed by atoms with van der Waals surface area (Å²) in [7, 11) is 5.05. The lowest BCUT2D eigenvalue weighted by Crippen LogP contribution is -2.14. The predicted molar refractivity (Wildman–Crippen MR) is 149 cm³/mol. The molecule has 3 aromatic carbocycles. The minimum absolute atomic E-state index is 0.121. The van der Waals surface area contributed by atoms with Gasteiger partial charge in [0.1, 0.15) is 5.01 Å². The van der Waals surface area contributed by atoms with Crippen molar-refractivity contribution in [2.45, 2.75) is 12.1 Å². The monoisotopic (exact) mass is 531 g/mol. The highest BCUT2D eigenvalue weighted by Crippen LogP contribution is 2.33. The van der Waals surface area contributed by atoms with E-state index in [0.29, 0.717) is 22.5 Å².